The van der Waals surface area contributed by atoms with E-state index in [9.17, 15) is 9.59 Å². The number of ketones is 2. The number of unbranched alkanes of at least 4 members (excludes halogenated alkanes) is 14. The Bertz CT molecular complexity index is 1150. The van der Waals surface area contributed by atoms with Gasteiger partial charge in [-0.3, -0.25) is 9.59 Å². The summed E-state index contributed by atoms with van der Waals surface area (Å²) in [7, 11) is 0. The van der Waals surface area contributed by atoms with Crippen LogP contribution < -0.4 is 0 Å². The van der Waals surface area contributed by atoms with Gasteiger partial charge in [-0.05, 0) is 112 Å². The Morgan fingerprint density at radius 2 is 0.750 bits per heavy atom. The monoisotopic (exact) mass is 777 g/mol. The van der Waals surface area contributed by atoms with Gasteiger partial charge in [-0.25, -0.2) is 0 Å². The predicted octanol–water partition coefficient (Wildman–Crippen LogP) is 12.8. The lowest BCUT2D eigenvalue weighted by molar-refractivity contribution is -0.124. The maximum Gasteiger partial charge on any atom is 0.158 e. The van der Waals surface area contributed by atoms with E-state index in [0.29, 0.717) is 26.1 Å². The Hall–Kier alpha value is -2.38. The van der Waals surface area contributed by atoms with Gasteiger partial charge in [0.15, 0.2) is 11.6 Å². The first kappa shape index (κ1) is 49.8. The number of hydrogen-bond donors (Lipinski definition) is 0. The van der Waals surface area contributed by atoms with Crippen molar-refractivity contribution in [2.45, 2.75) is 182 Å². The van der Waals surface area contributed by atoms with E-state index < -0.39 is 0 Å². The Morgan fingerprint density at radius 1 is 0.429 bits per heavy atom. The van der Waals surface area contributed by atoms with Crippen molar-refractivity contribution in [3.05, 3.63) is 59.7 Å². The minimum atomic E-state index is 0.166. The van der Waals surface area contributed by atoms with E-state index in [4.69, 9.17) is 9.47 Å². The summed E-state index contributed by atoms with van der Waals surface area (Å²) in [5.74, 6) is 0.376. The number of benzene rings is 2. The molecule has 2 aromatic carbocycles. The van der Waals surface area contributed by atoms with Gasteiger partial charge in [0.1, 0.15) is 13.2 Å². The topological polar surface area (TPSA) is 59.1 Å². The molecule has 2 aromatic rings. The van der Waals surface area contributed by atoms with Crippen LogP contribution in [0.25, 0.3) is 11.1 Å². The summed E-state index contributed by atoms with van der Waals surface area (Å²) < 4.78 is 11.8. The van der Waals surface area contributed by atoms with Crippen LogP contribution in [0.15, 0.2) is 48.5 Å². The normalized spacial score (nSPS) is 11.6. The average molecular weight is 777 g/mol. The van der Waals surface area contributed by atoms with Gasteiger partial charge in [0, 0.05) is 12.8 Å². The molecule has 318 valence electrons. The van der Waals surface area contributed by atoms with Crippen molar-refractivity contribution in [3.63, 3.8) is 0 Å². The standard InChI is InChI=1S/C50H84N2O4/c1-5-9-13-15-17-21-35-51(33-19-11-7-3)37-25-31-49(53)43-55-41-45-27-23-29-47(39-45)48-30-24-28-46(40-48)42-56-44-50(54)32-26-38-52(34-20-12-8-4)36-22-18-16-14-10-6-2/h23-24,27-30,39-40H,5-22,25-26,31-38,41-44H2,1-4H3. The smallest absolute Gasteiger partial charge is 0.158 e. The molecule has 0 aliphatic rings. The molecule has 0 radical (unpaired) electrons. The lowest BCUT2D eigenvalue weighted by Crippen LogP contribution is -2.28. The Kier molecular flexibility index (Phi) is 30.8. The number of hydrogen-bond acceptors (Lipinski definition) is 6. The lowest BCUT2D eigenvalue weighted by Gasteiger charge is -2.22. The molecule has 0 fully saturated rings. The van der Waals surface area contributed by atoms with Crippen molar-refractivity contribution in [1.29, 1.82) is 0 Å². The Morgan fingerprint density at radius 3 is 1.14 bits per heavy atom. The van der Waals surface area contributed by atoms with Gasteiger partial charge >= 0.3 is 0 Å². The van der Waals surface area contributed by atoms with E-state index in [2.05, 4.69) is 73.9 Å². The zero-order valence-corrected chi connectivity index (χ0v) is 36.8. The van der Waals surface area contributed by atoms with Gasteiger partial charge in [0.05, 0.1) is 13.2 Å². The Labute approximate surface area is 344 Å². The maximum atomic E-state index is 12.7. The number of ether oxygens (including phenoxy) is 2. The highest BCUT2D eigenvalue weighted by atomic mass is 16.5. The van der Waals surface area contributed by atoms with Crippen LogP contribution in [0.1, 0.15) is 180 Å². The molecule has 0 aromatic heterocycles. The second-order valence-corrected chi connectivity index (χ2v) is 16.3. The molecule has 0 aliphatic carbocycles. The van der Waals surface area contributed by atoms with E-state index in [1.54, 1.807) is 0 Å². The summed E-state index contributed by atoms with van der Waals surface area (Å²) >= 11 is 0. The van der Waals surface area contributed by atoms with Gasteiger partial charge < -0.3 is 19.3 Å². The molecule has 0 unspecified atom stereocenters. The minimum Gasteiger partial charge on any atom is -0.369 e. The average Bonchev–Trinajstić information content (AvgIpc) is 3.20. The summed E-state index contributed by atoms with van der Waals surface area (Å²) in [4.78, 5) is 30.6. The maximum absolute atomic E-state index is 12.7. The highest BCUT2D eigenvalue weighted by Gasteiger charge is 2.10. The summed E-state index contributed by atoms with van der Waals surface area (Å²) in [6, 6.07) is 16.7. The van der Waals surface area contributed by atoms with Crippen molar-refractivity contribution in [2.24, 2.45) is 0 Å². The van der Waals surface area contributed by atoms with E-state index in [-0.39, 0.29) is 24.8 Å². The fraction of sp³-hybridized carbons (Fsp3) is 0.720. The molecule has 2 rings (SSSR count). The van der Waals surface area contributed by atoms with Gasteiger partial charge in [0.25, 0.3) is 0 Å². The van der Waals surface area contributed by atoms with Crippen molar-refractivity contribution < 1.29 is 19.1 Å². The van der Waals surface area contributed by atoms with Crippen LogP contribution in [0, 0.1) is 0 Å². The van der Waals surface area contributed by atoms with Crippen LogP contribution in [0.2, 0.25) is 0 Å². The SMILES string of the molecule is CCCCCCCCN(CCCCC)CCCC(=O)COCc1cccc(-c2cccc(COCC(=O)CCCN(CCCCC)CCCCCCCC)c2)c1. The molecular weight excluding hydrogens is 693 g/mol. The van der Waals surface area contributed by atoms with Crippen molar-refractivity contribution in [1.82, 2.24) is 9.80 Å². The van der Waals surface area contributed by atoms with E-state index >= 15 is 0 Å². The van der Waals surface area contributed by atoms with Gasteiger partial charge in [0.2, 0.25) is 0 Å². The third-order valence-corrected chi connectivity index (χ3v) is 10.9. The molecular formula is C50H84N2O4. The first-order valence-electron chi connectivity index (χ1n) is 23.3. The molecule has 56 heavy (non-hydrogen) atoms. The van der Waals surface area contributed by atoms with Crippen LogP contribution in [-0.4, -0.2) is 73.8 Å². The first-order chi connectivity index (χ1) is 27.5. The minimum absolute atomic E-state index is 0.166. The number of carbonyl (C=O) groups excluding carboxylic acids is 2. The molecule has 0 saturated carbocycles. The summed E-state index contributed by atoms with van der Waals surface area (Å²) in [6.07, 6.45) is 26.4. The van der Waals surface area contributed by atoms with E-state index in [0.717, 1.165) is 74.4 Å². The second kappa shape index (κ2) is 34.6. The van der Waals surface area contributed by atoms with E-state index in [1.165, 1.54) is 116 Å². The molecule has 0 spiro atoms. The highest BCUT2D eigenvalue weighted by Crippen LogP contribution is 2.23. The van der Waals surface area contributed by atoms with Crippen LogP contribution in [-0.2, 0) is 32.3 Å². The molecule has 0 saturated heterocycles. The third-order valence-electron chi connectivity index (χ3n) is 10.9. The molecule has 0 aliphatic heterocycles. The van der Waals surface area contributed by atoms with Gasteiger partial charge in [-0.2, -0.15) is 0 Å². The van der Waals surface area contributed by atoms with Crippen LogP contribution in [0.5, 0.6) is 0 Å². The fourth-order valence-corrected chi connectivity index (χ4v) is 7.46. The molecule has 0 bridgehead atoms. The van der Waals surface area contributed by atoms with E-state index in [1.807, 2.05) is 12.1 Å². The predicted molar refractivity (Wildman–Crippen MR) is 238 cm³/mol. The molecule has 6 heteroatoms. The lowest BCUT2D eigenvalue weighted by atomic mass is 10.0. The number of Topliss-reactive ketones (excluding diaryl/α,β-unsaturated/α-hetero) is 2. The summed E-state index contributed by atoms with van der Waals surface area (Å²) in [5, 5.41) is 0. The summed E-state index contributed by atoms with van der Waals surface area (Å²) in [5.41, 5.74) is 4.32. The Balaban J connectivity index is 1.71. The van der Waals surface area contributed by atoms with Crippen LogP contribution >= 0.6 is 0 Å². The second-order valence-electron chi connectivity index (χ2n) is 16.3. The molecule has 0 amide bonds. The largest absolute Gasteiger partial charge is 0.369 e. The zero-order valence-electron chi connectivity index (χ0n) is 36.8. The van der Waals surface area contributed by atoms with Crippen LogP contribution in [0.3, 0.4) is 0 Å². The third kappa shape index (κ3) is 25.8. The van der Waals surface area contributed by atoms with Crippen molar-refractivity contribution >= 4 is 11.6 Å². The number of rotatable bonds is 39. The molecule has 0 atom stereocenters. The molecule has 6 nitrogen and oxygen atoms in total. The number of carbonyl (C=O) groups is 2. The van der Waals surface area contributed by atoms with Crippen molar-refractivity contribution in [3.8, 4) is 11.1 Å². The number of nitrogens with zero attached hydrogens (tertiary/aromatic N) is 2. The van der Waals surface area contributed by atoms with Gasteiger partial charge in [-0.1, -0.05) is 154 Å². The first-order valence-corrected chi connectivity index (χ1v) is 23.3. The highest BCUT2D eigenvalue weighted by molar-refractivity contribution is 5.80. The zero-order chi connectivity index (χ0) is 40.3. The summed E-state index contributed by atoms with van der Waals surface area (Å²) in [6.45, 7) is 16.8. The fourth-order valence-electron chi connectivity index (χ4n) is 7.46. The molecule has 0 N–H and O–H groups in total. The quantitative estimate of drug-likeness (QED) is 0.0630. The van der Waals surface area contributed by atoms with Gasteiger partial charge in [-0.15, -0.1) is 0 Å². The van der Waals surface area contributed by atoms with Crippen molar-refractivity contribution in [2.75, 3.05) is 52.5 Å². The van der Waals surface area contributed by atoms with Crippen LogP contribution in [0.4, 0.5) is 0 Å². The molecule has 0 heterocycles.